The lowest BCUT2D eigenvalue weighted by Gasteiger charge is -2.23. The van der Waals surface area contributed by atoms with Crippen molar-refractivity contribution in [1.29, 1.82) is 0 Å². The summed E-state index contributed by atoms with van der Waals surface area (Å²) < 4.78 is 37.3. The molecule has 9 heteroatoms. The molecule has 0 aromatic heterocycles. The number of hydrogen-bond donors (Lipinski definition) is 4. The first kappa shape index (κ1) is 22.0. The van der Waals surface area contributed by atoms with E-state index in [-0.39, 0.29) is 11.3 Å². The number of phenols is 1. The van der Waals surface area contributed by atoms with Crippen LogP contribution in [0.25, 0.3) is 0 Å². The molecule has 1 rings (SSSR count). The van der Waals surface area contributed by atoms with Crippen LogP contribution < -0.4 is 5.32 Å². The Morgan fingerprint density at radius 1 is 1.30 bits per heavy atom. The summed E-state index contributed by atoms with van der Waals surface area (Å²) in [4.78, 5) is 0.349. The number of aliphatic hydroxyl groups excluding tert-OH is 1. The summed E-state index contributed by atoms with van der Waals surface area (Å²) in [6.07, 6.45) is 1.53. The fourth-order valence-electron chi connectivity index (χ4n) is 1.49. The minimum Gasteiger partial charge on any atom is -0.507 e. The van der Waals surface area contributed by atoms with Crippen molar-refractivity contribution in [3.8, 4) is 5.75 Å². The van der Waals surface area contributed by atoms with Gasteiger partial charge in [0.1, 0.15) is 5.75 Å². The van der Waals surface area contributed by atoms with E-state index in [1.54, 1.807) is 12.1 Å². The Bertz CT molecular complexity index is 629. The number of aliphatic hydroxyl groups is 1. The SMILES string of the molecule is CS(=O)(=O)O.CS(=O)c1cc(C(O)CNC(C)(C)C)ccc1O. The van der Waals surface area contributed by atoms with Gasteiger partial charge in [-0.1, -0.05) is 6.07 Å². The molecule has 1 aromatic rings. The Hall–Kier alpha value is -1.00. The summed E-state index contributed by atoms with van der Waals surface area (Å²) in [7, 11) is -4.94. The lowest BCUT2D eigenvalue weighted by molar-refractivity contribution is 0.163. The monoisotopic (exact) mass is 367 g/mol. The van der Waals surface area contributed by atoms with Crippen molar-refractivity contribution in [3.05, 3.63) is 23.8 Å². The van der Waals surface area contributed by atoms with Crippen molar-refractivity contribution in [1.82, 2.24) is 5.32 Å². The Balaban J connectivity index is 0.000000841. The summed E-state index contributed by atoms with van der Waals surface area (Å²) in [5, 5.41) is 22.8. The van der Waals surface area contributed by atoms with Crippen LogP contribution in [-0.4, -0.2) is 52.0 Å². The molecular weight excluding hydrogens is 342 g/mol. The summed E-state index contributed by atoms with van der Waals surface area (Å²) in [6.45, 7) is 6.46. The molecule has 0 radical (unpaired) electrons. The maximum absolute atomic E-state index is 11.4. The highest BCUT2D eigenvalue weighted by Crippen LogP contribution is 2.24. The van der Waals surface area contributed by atoms with Crippen LogP contribution in [0.4, 0.5) is 0 Å². The molecule has 2 unspecified atom stereocenters. The first-order valence-electron chi connectivity index (χ1n) is 6.72. The van der Waals surface area contributed by atoms with E-state index in [2.05, 4.69) is 5.32 Å². The highest BCUT2D eigenvalue weighted by atomic mass is 32.2. The fraction of sp³-hybridized carbons (Fsp3) is 0.571. The summed E-state index contributed by atoms with van der Waals surface area (Å²) >= 11 is 0. The summed E-state index contributed by atoms with van der Waals surface area (Å²) in [6, 6.07) is 4.69. The zero-order valence-electron chi connectivity index (χ0n) is 13.9. The molecule has 0 amide bonds. The van der Waals surface area contributed by atoms with Gasteiger partial charge in [-0.2, -0.15) is 8.42 Å². The van der Waals surface area contributed by atoms with Crippen molar-refractivity contribution in [3.63, 3.8) is 0 Å². The van der Waals surface area contributed by atoms with E-state index in [9.17, 15) is 22.8 Å². The molecule has 134 valence electrons. The van der Waals surface area contributed by atoms with E-state index < -0.39 is 27.0 Å². The van der Waals surface area contributed by atoms with Gasteiger partial charge in [0.2, 0.25) is 0 Å². The predicted molar refractivity (Wildman–Crippen MR) is 90.6 cm³/mol. The van der Waals surface area contributed by atoms with E-state index >= 15 is 0 Å². The van der Waals surface area contributed by atoms with E-state index in [0.29, 0.717) is 23.3 Å². The summed E-state index contributed by atoms with van der Waals surface area (Å²) in [5.41, 5.74) is 0.573. The van der Waals surface area contributed by atoms with E-state index in [4.69, 9.17) is 4.55 Å². The zero-order chi connectivity index (χ0) is 18.4. The van der Waals surface area contributed by atoms with E-state index in [1.807, 2.05) is 20.8 Å². The molecule has 7 nitrogen and oxygen atoms in total. The fourth-order valence-corrected chi connectivity index (χ4v) is 2.15. The Kier molecular flexibility index (Phi) is 8.36. The second-order valence-electron chi connectivity index (χ2n) is 6.06. The molecule has 4 N–H and O–H groups in total. The van der Waals surface area contributed by atoms with Gasteiger partial charge in [0.25, 0.3) is 10.1 Å². The molecule has 1 aromatic carbocycles. The molecule has 0 aliphatic heterocycles. The standard InChI is InChI=1S/C13H21NO3S.CH4O3S/c1-13(2,3)14-8-11(16)9-5-6-10(15)12(7-9)18(4)17;1-5(2,3)4/h5-7,11,14-16H,8H2,1-4H3;1H3,(H,2,3,4). The molecule has 0 bridgehead atoms. The summed E-state index contributed by atoms with van der Waals surface area (Å²) in [5.74, 6) is -0.00411. The molecule has 23 heavy (non-hydrogen) atoms. The third-order valence-electron chi connectivity index (χ3n) is 2.50. The van der Waals surface area contributed by atoms with Crippen molar-refractivity contribution in [2.45, 2.75) is 37.3 Å². The van der Waals surface area contributed by atoms with Gasteiger partial charge >= 0.3 is 0 Å². The maximum atomic E-state index is 11.4. The molecule has 0 aliphatic rings. The molecular formula is C14H25NO6S2. The number of benzene rings is 1. The number of β-amino-alcohol motifs (C(OH)–C–C–N with tert-alkyl or cyclic N) is 1. The maximum Gasteiger partial charge on any atom is 0.261 e. The molecule has 2 atom stereocenters. The van der Waals surface area contributed by atoms with Crippen LogP contribution in [0.2, 0.25) is 0 Å². The van der Waals surface area contributed by atoms with Gasteiger partial charge in [-0.3, -0.25) is 8.76 Å². The van der Waals surface area contributed by atoms with Gasteiger partial charge < -0.3 is 15.5 Å². The van der Waals surface area contributed by atoms with E-state index in [0.717, 1.165) is 0 Å². The van der Waals surface area contributed by atoms with Crippen LogP contribution in [0, 0.1) is 0 Å². The van der Waals surface area contributed by atoms with Crippen LogP contribution in [0.1, 0.15) is 32.4 Å². The van der Waals surface area contributed by atoms with Crippen molar-refractivity contribution >= 4 is 20.9 Å². The lowest BCUT2D eigenvalue weighted by atomic mass is 10.1. The molecule has 0 heterocycles. The number of rotatable bonds is 4. The highest BCUT2D eigenvalue weighted by Gasteiger charge is 2.15. The Labute approximate surface area is 139 Å². The van der Waals surface area contributed by atoms with Crippen LogP contribution >= 0.6 is 0 Å². The van der Waals surface area contributed by atoms with Crippen LogP contribution in [0.5, 0.6) is 5.75 Å². The lowest BCUT2D eigenvalue weighted by Crippen LogP contribution is -2.38. The van der Waals surface area contributed by atoms with Gasteiger partial charge in [0.05, 0.1) is 28.1 Å². The predicted octanol–water partition coefficient (Wildman–Crippen LogP) is 1.06. The number of nitrogens with one attached hydrogen (secondary N) is 1. The van der Waals surface area contributed by atoms with Gasteiger partial charge in [-0.05, 0) is 38.5 Å². The van der Waals surface area contributed by atoms with Crippen LogP contribution in [-0.2, 0) is 20.9 Å². The molecule has 0 aliphatic carbocycles. The smallest absolute Gasteiger partial charge is 0.261 e. The van der Waals surface area contributed by atoms with Gasteiger partial charge in [0, 0.05) is 18.3 Å². The van der Waals surface area contributed by atoms with Crippen molar-refractivity contribution < 1.29 is 27.4 Å². The molecule has 0 saturated carbocycles. The highest BCUT2D eigenvalue weighted by molar-refractivity contribution is 7.85. The average Bonchev–Trinajstić information content (AvgIpc) is 2.33. The average molecular weight is 367 g/mol. The third kappa shape index (κ3) is 11.2. The van der Waals surface area contributed by atoms with Gasteiger partial charge in [-0.25, -0.2) is 0 Å². The minimum atomic E-state index is -3.67. The van der Waals surface area contributed by atoms with Gasteiger partial charge in [-0.15, -0.1) is 0 Å². The molecule has 0 saturated heterocycles. The minimum absolute atomic E-state index is 0.00411. The second kappa shape index (κ2) is 8.74. The number of aromatic hydroxyl groups is 1. The first-order chi connectivity index (χ1) is 10.2. The molecule has 0 fully saturated rings. The van der Waals surface area contributed by atoms with Crippen molar-refractivity contribution in [2.75, 3.05) is 19.1 Å². The zero-order valence-corrected chi connectivity index (χ0v) is 15.5. The topological polar surface area (TPSA) is 124 Å². The Morgan fingerprint density at radius 3 is 2.17 bits per heavy atom. The first-order valence-corrected chi connectivity index (χ1v) is 10.1. The van der Waals surface area contributed by atoms with E-state index in [1.165, 1.54) is 12.3 Å². The quantitative estimate of drug-likeness (QED) is 0.587. The Morgan fingerprint density at radius 2 is 1.78 bits per heavy atom. The molecule has 0 spiro atoms. The van der Waals surface area contributed by atoms with Crippen LogP contribution in [0.3, 0.4) is 0 Å². The van der Waals surface area contributed by atoms with Gasteiger partial charge in [0.15, 0.2) is 0 Å². The normalized spacial score (nSPS) is 14.6. The second-order valence-corrected chi connectivity index (χ2v) is 8.88. The van der Waals surface area contributed by atoms with Crippen LogP contribution in [0.15, 0.2) is 23.1 Å². The number of hydrogen-bond acceptors (Lipinski definition) is 6. The van der Waals surface area contributed by atoms with Crippen molar-refractivity contribution in [2.24, 2.45) is 0 Å². The number of phenolic OH excluding ortho intramolecular Hbond substituents is 1. The largest absolute Gasteiger partial charge is 0.507 e. The third-order valence-corrected chi connectivity index (χ3v) is 3.45.